The summed E-state index contributed by atoms with van der Waals surface area (Å²) in [6.45, 7) is 0. The molecule has 0 fully saturated rings. The fourth-order valence-corrected chi connectivity index (χ4v) is 10.6. The van der Waals surface area contributed by atoms with Crippen molar-refractivity contribution in [3.05, 3.63) is 218 Å². The van der Waals surface area contributed by atoms with Gasteiger partial charge in [0, 0.05) is 54.3 Å². The van der Waals surface area contributed by atoms with Crippen molar-refractivity contribution in [3.8, 4) is 11.4 Å². The highest BCUT2D eigenvalue weighted by Gasteiger charge is 2.28. The number of amidine groups is 1. The quantitative estimate of drug-likeness (QED) is 0.189. The summed E-state index contributed by atoms with van der Waals surface area (Å²) in [7, 11) is 0. The van der Waals surface area contributed by atoms with E-state index in [2.05, 4.69) is 230 Å². The molecule has 64 heavy (non-hydrogen) atoms. The van der Waals surface area contributed by atoms with E-state index in [1.807, 2.05) is 6.07 Å². The lowest BCUT2D eigenvalue weighted by Crippen LogP contribution is -2.39. The van der Waals surface area contributed by atoms with E-state index in [9.17, 15) is 0 Å². The molecular formula is C57H37N7. The number of nitrogens with zero attached hydrogens (tertiary/aromatic N) is 6. The molecule has 13 aromatic rings. The van der Waals surface area contributed by atoms with Gasteiger partial charge in [-0.15, -0.1) is 0 Å². The van der Waals surface area contributed by atoms with Gasteiger partial charge in [0.25, 0.3) is 0 Å². The fraction of sp³-hybridized carbons (Fsp3) is 0.0175. The van der Waals surface area contributed by atoms with Crippen molar-refractivity contribution in [1.29, 1.82) is 0 Å². The number of fused-ring (bicyclic) bond motifs is 12. The van der Waals surface area contributed by atoms with Crippen molar-refractivity contribution in [1.82, 2.24) is 23.6 Å². The number of benzene rings is 9. The van der Waals surface area contributed by atoms with Gasteiger partial charge < -0.3 is 19.0 Å². The first-order chi connectivity index (χ1) is 31.8. The Kier molecular flexibility index (Phi) is 7.33. The Balaban J connectivity index is 0.997. The van der Waals surface area contributed by atoms with Gasteiger partial charge in [0.05, 0.1) is 49.8 Å². The average molecular weight is 820 g/mol. The summed E-state index contributed by atoms with van der Waals surface area (Å²) < 4.78 is 9.47. The molecule has 0 bridgehead atoms. The predicted molar refractivity (Wildman–Crippen MR) is 266 cm³/mol. The second kappa shape index (κ2) is 13.4. The van der Waals surface area contributed by atoms with Gasteiger partial charge in [-0.25, -0.2) is 4.99 Å². The van der Waals surface area contributed by atoms with Gasteiger partial charge in [-0.05, 0) is 66.7 Å². The van der Waals surface area contributed by atoms with Gasteiger partial charge in [0.1, 0.15) is 0 Å². The lowest BCUT2D eigenvalue weighted by molar-refractivity contribution is 0.509. The molecule has 0 aliphatic carbocycles. The van der Waals surface area contributed by atoms with E-state index < -0.39 is 6.29 Å². The zero-order valence-corrected chi connectivity index (χ0v) is 34.5. The molecule has 7 nitrogen and oxygen atoms in total. The Labute approximate surface area is 366 Å². The molecule has 1 aliphatic heterocycles. The molecule has 1 N–H and O–H groups in total. The van der Waals surface area contributed by atoms with Crippen LogP contribution in [0.3, 0.4) is 0 Å². The minimum absolute atomic E-state index is 0.521. The summed E-state index contributed by atoms with van der Waals surface area (Å²) in [5.74, 6) is 1.39. The van der Waals surface area contributed by atoms with E-state index in [-0.39, 0.29) is 0 Å². The molecule has 1 aliphatic rings. The summed E-state index contributed by atoms with van der Waals surface area (Å²) in [4.78, 5) is 10.7. The number of aliphatic imine (C=N–C) groups is 2. The number of hydrogen-bond acceptors (Lipinski definition) is 3. The predicted octanol–water partition coefficient (Wildman–Crippen LogP) is 13.5. The third-order valence-corrected chi connectivity index (χ3v) is 13.2. The smallest absolute Gasteiger partial charge is 0.213 e. The number of nitrogens with one attached hydrogen (secondary N) is 1. The minimum atomic E-state index is -0.521. The highest BCUT2D eigenvalue weighted by Crippen LogP contribution is 2.42. The zero-order valence-electron chi connectivity index (χ0n) is 34.5. The van der Waals surface area contributed by atoms with Crippen LogP contribution in [0.2, 0.25) is 0 Å². The summed E-state index contributed by atoms with van der Waals surface area (Å²) in [6.07, 6.45) is -0.521. The molecule has 4 aromatic heterocycles. The Morgan fingerprint density at radius 2 is 0.828 bits per heavy atom. The molecule has 1 atom stereocenters. The first kappa shape index (κ1) is 35.0. The van der Waals surface area contributed by atoms with E-state index in [4.69, 9.17) is 9.98 Å². The van der Waals surface area contributed by atoms with Crippen LogP contribution in [0.25, 0.3) is 98.6 Å². The SMILES string of the molecule is c1ccc(C2=NC(n3c4ccccc4c4c(-n5c6ccccc6c6cc(-n7c8ccccc8c8ccccc87)ccc65)cccc43)NC(n3c4ccccc4c4ccccc43)=N2)cc1. The van der Waals surface area contributed by atoms with Crippen molar-refractivity contribution in [3.63, 3.8) is 0 Å². The molecule has 1 unspecified atom stereocenters. The van der Waals surface area contributed by atoms with Gasteiger partial charge in [-0.2, -0.15) is 4.99 Å². The van der Waals surface area contributed by atoms with Crippen LogP contribution in [-0.2, 0) is 0 Å². The Morgan fingerprint density at radius 1 is 0.359 bits per heavy atom. The van der Waals surface area contributed by atoms with Crippen molar-refractivity contribution in [2.75, 3.05) is 0 Å². The molecule has 0 amide bonds. The molecule has 7 heteroatoms. The monoisotopic (exact) mass is 819 g/mol. The van der Waals surface area contributed by atoms with Crippen molar-refractivity contribution in [2.24, 2.45) is 9.98 Å². The lowest BCUT2D eigenvalue weighted by atomic mass is 10.1. The van der Waals surface area contributed by atoms with Crippen molar-refractivity contribution < 1.29 is 0 Å². The van der Waals surface area contributed by atoms with Gasteiger partial charge in [0.15, 0.2) is 5.84 Å². The maximum absolute atomic E-state index is 5.44. The molecule has 0 saturated carbocycles. The van der Waals surface area contributed by atoms with Crippen LogP contribution in [0.4, 0.5) is 0 Å². The maximum Gasteiger partial charge on any atom is 0.213 e. The highest BCUT2D eigenvalue weighted by atomic mass is 15.4. The zero-order chi connectivity index (χ0) is 41.9. The minimum Gasteiger partial charge on any atom is -0.316 e. The molecule has 0 saturated heterocycles. The van der Waals surface area contributed by atoms with Gasteiger partial charge in [0.2, 0.25) is 12.2 Å². The average Bonchev–Trinajstić information content (AvgIpc) is 4.09. The first-order valence-corrected chi connectivity index (χ1v) is 21.8. The molecule has 0 radical (unpaired) electrons. The van der Waals surface area contributed by atoms with Crippen LogP contribution < -0.4 is 5.32 Å². The topological polar surface area (TPSA) is 56.5 Å². The van der Waals surface area contributed by atoms with Crippen LogP contribution in [0.1, 0.15) is 11.9 Å². The van der Waals surface area contributed by atoms with E-state index in [0.29, 0.717) is 5.84 Å². The van der Waals surface area contributed by atoms with E-state index >= 15 is 0 Å². The first-order valence-electron chi connectivity index (χ1n) is 21.8. The van der Waals surface area contributed by atoms with Crippen LogP contribution in [0.15, 0.2) is 222 Å². The van der Waals surface area contributed by atoms with Gasteiger partial charge in [-0.3, -0.25) is 4.57 Å². The standard InChI is InChI=1S/C57H37N7/c1-2-17-36(18-3-1)55-58-56(63-48-28-13-6-21-40(48)41-22-7-14-29-49(41)63)60-57(59-55)64-50-30-15-9-24-43(50)54-52(31-16-32-53(54)64)62-47-27-12-8-23-42(47)44-35-37(33-34-51(44)62)61-45-25-10-4-19-38(45)39-20-5-11-26-46(39)61/h1-35,57H,(H,58,59,60). The number of aromatic nitrogens is 4. The highest BCUT2D eigenvalue weighted by molar-refractivity contribution is 6.19. The number of para-hydroxylation sites is 6. The lowest BCUT2D eigenvalue weighted by Gasteiger charge is -2.26. The Morgan fingerprint density at radius 3 is 1.44 bits per heavy atom. The molecule has 300 valence electrons. The summed E-state index contributed by atoms with van der Waals surface area (Å²) in [6, 6.07) is 76.1. The molecule has 14 rings (SSSR count). The molecule has 0 spiro atoms. The largest absolute Gasteiger partial charge is 0.316 e. The van der Waals surface area contributed by atoms with Crippen LogP contribution >= 0.6 is 0 Å². The fourth-order valence-electron chi connectivity index (χ4n) is 10.6. The van der Waals surface area contributed by atoms with E-state index in [1.54, 1.807) is 0 Å². The number of hydrogen-bond donors (Lipinski definition) is 1. The Hall–Kier alpha value is -8.68. The second-order valence-corrected chi connectivity index (χ2v) is 16.6. The third-order valence-electron chi connectivity index (χ3n) is 13.2. The van der Waals surface area contributed by atoms with Crippen LogP contribution in [0.5, 0.6) is 0 Å². The number of rotatable bonds is 4. The van der Waals surface area contributed by atoms with Gasteiger partial charge in [-0.1, -0.05) is 146 Å². The van der Waals surface area contributed by atoms with Gasteiger partial charge >= 0.3 is 0 Å². The summed E-state index contributed by atoms with van der Waals surface area (Å²) in [5, 5.41) is 13.5. The third kappa shape index (κ3) is 4.92. The van der Waals surface area contributed by atoms with Crippen LogP contribution in [-0.4, -0.2) is 30.1 Å². The molecule has 9 aromatic carbocycles. The van der Waals surface area contributed by atoms with Crippen molar-refractivity contribution >= 4 is 99.0 Å². The van der Waals surface area contributed by atoms with E-state index in [0.717, 1.165) is 66.8 Å². The van der Waals surface area contributed by atoms with Crippen molar-refractivity contribution in [2.45, 2.75) is 6.29 Å². The van der Waals surface area contributed by atoms with Crippen LogP contribution in [0, 0.1) is 0 Å². The second-order valence-electron chi connectivity index (χ2n) is 16.6. The maximum atomic E-state index is 5.44. The molecule has 5 heterocycles. The molecular weight excluding hydrogens is 783 g/mol. The normalized spacial score (nSPS) is 14.4. The summed E-state index contributed by atoms with van der Waals surface area (Å²) >= 11 is 0. The van der Waals surface area contributed by atoms with E-state index in [1.165, 1.54) is 43.4 Å². The summed E-state index contributed by atoms with van der Waals surface area (Å²) in [5.41, 5.74) is 12.2. The Bertz CT molecular complexity index is 4010.